The van der Waals surface area contributed by atoms with E-state index in [0.717, 1.165) is 0 Å². The fourth-order valence-electron chi connectivity index (χ4n) is 7.86. The van der Waals surface area contributed by atoms with E-state index in [0.29, 0.717) is 0 Å². The molecule has 2 aromatic rings. The highest BCUT2D eigenvalue weighted by atomic mass is 28.3. The zero-order chi connectivity index (χ0) is 34.1. The average Bonchev–Trinajstić information content (AvgIpc) is 3.50. The summed E-state index contributed by atoms with van der Waals surface area (Å²) in [5.74, 6) is 0. The normalized spacial score (nSPS) is 21.3. The van der Waals surface area contributed by atoms with Crippen molar-refractivity contribution in [1.29, 1.82) is 0 Å². The highest BCUT2D eigenvalue weighted by molar-refractivity contribution is 7.05. The van der Waals surface area contributed by atoms with Crippen LogP contribution in [0, 0.1) is 0 Å². The van der Waals surface area contributed by atoms with Gasteiger partial charge in [-0.2, -0.15) is 0 Å². The molecule has 3 aliphatic rings. The Morgan fingerprint density at radius 3 is 1.13 bits per heavy atom. The summed E-state index contributed by atoms with van der Waals surface area (Å²) < 4.78 is 26.5. The third-order valence-electron chi connectivity index (χ3n) is 12.4. The molecule has 3 aliphatic heterocycles. The summed E-state index contributed by atoms with van der Waals surface area (Å²) in [6.45, 7) is 21.9. The van der Waals surface area contributed by atoms with E-state index in [2.05, 4.69) is 106 Å². The summed E-state index contributed by atoms with van der Waals surface area (Å²) in [6.07, 6.45) is 15.9. The van der Waals surface area contributed by atoms with Crippen LogP contribution in [0.25, 0.3) is 11.1 Å². The molecule has 0 spiro atoms. The van der Waals surface area contributed by atoms with E-state index < -0.39 is 8.07 Å². The van der Waals surface area contributed by atoms with Gasteiger partial charge in [-0.05, 0) is 99.9 Å². The van der Waals surface area contributed by atoms with Gasteiger partial charge in [0, 0.05) is 0 Å². The zero-order valence-corrected chi connectivity index (χ0v) is 32.7. The highest BCUT2D eigenvalue weighted by Crippen LogP contribution is 2.40. The lowest BCUT2D eigenvalue weighted by Crippen LogP contribution is -2.57. The van der Waals surface area contributed by atoms with Gasteiger partial charge in [0.2, 0.25) is 0 Å². The number of rotatable bonds is 16. The quantitative estimate of drug-likeness (QED) is 0.134. The molecule has 0 atom stereocenters. The van der Waals surface area contributed by atoms with Gasteiger partial charge < -0.3 is 18.6 Å². The average molecular weight is 659 g/mol. The lowest BCUT2D eigenvalue weighted by molar-refractivity contribution is 0.00578. The predicted octanol–water partition coefficient (Wildman–Crippen LogP) is 8.55. The maximum Gasteiger partial charge on any atom is 0.494 e. The Bertz CT molecular complexity index is 1230. The molecule has 2 saturated heterocycles. The Morgan fingerprint density at radius 1 is 0.468 bits per heavy atom. The molecule has 258 valence electrons. The summed E-state index contributed by atoms with van der Waals surface area (Å²) in [7, 11) is -2.83. The molecule has 2 fully saturated rings. The van der Waals surface area contributed by atoms with E-state index in [9.17, 15) is 0 Å². The Labute approximate surface area is 289 Å². The summed E-state index contributed by atoms with van der Waals surface area (Å²) in [5.41, 5.74) is 3.78. The fourth-order valence-corrected chi connectivity index (χ4v) is 13.5. The van der Waals surface area contributed by atoms with Gasteiger partial charge >= 0.3 is 14.2 Å². The van der Waals surface area contributed by atoms with Crippen LogP contribution in [-0.4, -0.2) is 44.7 Å². The molecule has 3 heterocycles. The number of hydrogen-bond acceptors (Lipinski definition) is 4. The molecule has 0 bridgehead atoms. The lowest BCUT2D eigenvalue weighted by atomic mass is 9.77. The first kappa shape index (κ1) is 36.9. The SMILES string of the molecule is CCCCCCCC[Si]1(CCCCCCCC)c2cc(B3OC(C)(C)C(C)(C)O3)ccc2-c2ccc(B3OC(C)(C)C(C)(C)O3)cc21. The van der Waals surface area contributed by atoms with Crippen molar-refractivity contribution < 1.29 is 18.6 Å². The number of benzene rings is 2. The van der Waals surface area contributed by atoms with Crippen LogP contribution in [0.2, 0.25) is 12.1 Å². The van der Waals surface area contributed by atoms with Crippen molar-refractivity contribution in [3.8, 4) is 11.1 Å². The van der Waals surface area contributed by atoms with E-state index >= 15 is 0 Å². The number of unbranched alkanes of at least 4 members (excludes halogenated alkanes) is 10. The topological polar surface area (TPSA) is 36.9 Å². The molecule has 0 unspecified atom stereocenters. The summed E-state index contributed by atoms with van der Waals surface area (Å²) in [4.78, 5) is 0. The third kappa shape index (κ3) is 7.41. The molecule has 0 aromatic heterocycles. The van der Waals surface area contributed by atoms with Gasteiger partial charge in [0.1, 0.15) is 8.07 Å². The van der Waals surface area contributed by atoms with Crippen LogP contribution in [0.3, 0.4) is 0 Å². The fraction of sp³-hybridized carbons (Fsp3) is 0.700. The third-order valence-corrected chi connectivity index (χ3v) is 17.7. The molecule has 0 radical (unpaired) electrons. The molecule has 0 amide bonds. The van der Waals surface area contributed by atoms with Gasteiger partial charge in [-0.15, -0.1) is 0 Å². The molecule has 0 aliphatic carbocycles. The van der Waals surface area contributed by atoms with Crippen LogP contribution in [0.5, 0.6) is 0 Å². The molecule has 0 N–H and O–H groups in total. The molecule has 5 rings (SSSR count). The lowest BCUT2D eigenvalue weighted by Gasteiger charge is -2.32. The molecule has 47 heavy (non-hydrogen) atoms. The Hall–Kier alpha value is -1.37. The second-order valence-corrected chi connectivity index (χ2v) is 21.1. The van der Waals surface area contributed by atoms with Crippen LogP contribution in [-0.2, 0) is 18.6 Å². The Morgan fingerprint density at radius 2 is 0.787 bits per heavy atom. The van der Waals surface area contributed by atoms with Crippen molar-refractivity contribution in [3.05, 3.63) is 36.4 Å². The number of hydrogen-bond donors (Lipinski definition) is 0. The molecule has 4 nitrogen and oxygen atoms in total. The molecule has 2 aromatic carbocycles. The molecule has 0 saturated carbocycles. The van der Waals surface area contributed by atoms with Crippen molar-refractivity contribution in [2.75, 3.05) is 0 Å². The van der Waals surface area contributed by atoms with Crippen LogP contribution >= 0.6 is 0 Å². The van der Waals surface area contributed by atoms with Crippen molar-refractivity contribution in [2.24, 2.45) is 0 Å². The highest BCUT2D eigenvalue weighted by Gasteiger charge is 2.54. The van der Waals surface area contributed by atoms with Crippen LogP contribution < -0.4 is 21.3 Å². The Kier molecular flexibility index (Phi) is 11.4. The minimum atomic E-state index is -2.14. The van der Waals surface area contributed by atoms with E-state index in [-0.39, 0.29) is 36.6 Å². The maximum atomic E-state index is 6.61. The van der Waals surface area contributed by atoms with Gasteiger partial charge in [0.15, 0.2) is 0 Å². The summed E-state index contributed by atoms with van der Waals surface area (Å²) >= 11 is 0. The first-order valence-corrected chi connectivity index (χ1v) is 21.6. The van der Waals surface area contributed by atoms with E-state index in [1.807, 2.05) is 0 Å². The minimum absolute atomic E-state index is 0.343. The standard InChI is InChI=1S/C40H64B2O4Si/c1-11-13-15-17-19-21-27-47(28-22-20-18-16-14-12-2)35-29-31(41-43-37(3,4)38(5,6)44-41)23-25-33(35)34-26-24-32(30-36(34)47)42-45-39(7,8)40(9,10)46-42/h23-26,29-30H,11-22,27-28H2,1-10H3. The second kappa shape index (κ2) is 14.5. The van der Waals surface area contributed by atoms with E-state index in [1.54, 1.807) is 10.4 Å². The van der Waals surface area contributed by atoms with Gasteiger partial charge in [-0.3, -0.25) is 0 Å². The monoisotopic (exact) mass is 658 g/mol. The maximum absolute atomic E-state index is 6.61. The molecular weight excluding hydrogens is 594 g/mol. The second-order valence-electron chi connectivity index (χ2n) is 16.9. The van der Waals surface area contributed by atoms with Gasteiger partial charge in [-0.1, -0.05) is 127 Å². The van der Waals surface area contributed by atoms with E-state index in [1.165, 1.54) is 111 Å². The first-order valence-electron chi connectivity index (χ1n) is 19.2. The van der Waals surface area contributed by atoms with Crippen LogP contribution in [0.1, 0.15) is 146 Å². The van der Waals surface area contributed by atoms with Crippen molar-refractivity contribution in [2.45, 2.75) is 181 Å². The van der Waals surface area contributed by atoms with Crippen molar-refractivity contribution >= 4 is 43.6 Å². The summed E-state index contributed by atoms with van der Waals surface area (Å²) in [6, 6.07) is 17.0. The van der Waals surface area contributed by atoms with Crippen LogP contribution in [0.4, 0.5) is 0 Å². The van der Waals surface area contributed by atoms with Gasteiger partial charge in [0.25, 0.3) is 0 Å². The van der Waals surface area contributed by atoms with Crippen LogP contribution in [0.15, 0.2) is 36.4 Å². The number of fused-ring (bicyclic) bond motifs is 3. The predicted molar refractivity (Wildman–Crippen MR) is 205 cm³/mol. The minimum Gasteiger partial charge on any atom is -0.399 e. The largest absolute Gasteiger partial charge is 0.494 e. The van der Waals surface area contributed by atoms with Gasteiger partial charge in [-0.25, -0.2) is 0 Å². The van der Waals surface area contributed by atoms with Crippen molar-refractivity contribution in [1.82, 2.24) is 0 Å². The van der Waals surface area contributed by atoms with E-state index in [4.69, 9.17) is 18.6 Å². The summed E-state index contributed by atoms with van der Waals surface area (Å²) in [5, 5.41) is 3.21. The molecular formula is C40H64B2O4Si. The Balaban J connectivity index is 1.55. The molecule has 7 heteroatoms. The smallest absolute Gasteiger partial charge is 0.399 e. The first-order chi connectivity index (χ1) is 22.2. The van der Waals surface area contributed by atoms with Gasteiger partial charge in [0.05, 0.1) is 22.4 Å². The van der Waals surface area contributed by atoms with Crippen molar-refractivity contribution in [3.63, 3.8) is 0 Å². The zero-order valence-electron chi connectivity index (χ0n) is 31.7.